The molecule has 3 aromatic rings. The highest BCUT2D eigenvalue weighted by Crippen LogP contribution is 2.46. The van der Waals surface area contributed by atoms with Gasteiger partial charge >= 0.3 is 6.18 Å². The number of carbonyl (C=O) groups excluding carboxylic acids is 1. The Kier molecular flexibility index (Phi) is 5.70. The Labute approximate surface area is 224 Å². The SMILES string of the molecule is C=C1OCc2c(cc3n(c2=O)Cc2c-3nc3cc(F)c(C)c4c3c2[C@@H](NC(=O)[C@@H](O)C(F)(F)F)CC4)[C@@]1(O)CC. The summed E-state index contributed by atoms with van der Waals surface area (Å²) < 4.78 is 61.2. The molecule has 4 heterocycles. The van der Waals surface area contributed by atoms with Crippen LogP contribution in [0.2, 0.25) is 0 Å². The van der Waals surface area contributed by atoms with Gasteiger partial charge in [-0.1, -0.05) is 13.5 Å². The molecule has 6 rings (SSSR count). The van der Waals surface area contributed by atoms with Gasteiger partial charge in [0.1, 0.15) is 23.8 Å². The van der Waals surface area contributed by atoms with Crippen molar-refractivity contribution in [3.63, 3.8) is 0 Å². The van der Waals surface area contributed by atoms with Crippen molar-refractivity contribution in [2.45, 2.75) is 70.2 Å². The van der Waals surface area contributed by atoms with Crippen molar-refractivity contribution in [2.75, 3.05) is 0 Å². The fourth-order valence-electron chi connectivity index (χ4n) is 6.21. The maximum atomic E-state index is 14.9. The number of ether oxygens (including phenoxy) is 1. The number of halogens is 4. The average molecular weight is 560 g/mol. The number of aryl methyl sites for hydroxylation is 1. The smallest absolute Gasteiger partial charge is 0.423 e. The van der Waals surface area contributed by atoms with Crippen molar-refractivity contribution in [3.05, 3.63) is 74.0 Å². The number of aliphatic hydroxyl groups excluding tert-OH is 1. The monoisotopic (exact) mass is 559 g/mol. The Morgan fingerprint density at radius 2 is 2.05 bits per heavy atom. The van der Waals surface area contributed by atoms with E-state index in [0.29, 0.717) is 44.6 Å². The van der Waals surface area contributed by atoms with Gasteiger partial charge in [0.25, 0.3) is 11.5 Å². The van der Waals surface area contributed by atoms with Gasteiger partial charge < -0.3 is 24.8 Å². The fraction of sp³-hybridized carbons (Fsp3) is 0.393. The zero-order chi connectivity index (χ0) is 28.9. The van der Waals surface area contributed by atoms with Gasteiger partial charge in [-0.2, -0.15) is 13.2 Å². The average Bonchev–Trinajstić information content (AvgIpc) is 3.27. The maximum Gasteiger partial charge on any atom is 0.423 e. The van der Waals surface area contributed by atoms with Gasteiger partial charge in [-0.25, -0.2) is 9.37 Å². The summed E-state index contributed by atoms with van der Waals surface area (Å²) in [5.41, 5.74) is 1.26. The Hall–Kier alpha value is -3.77. The summed E-state index contributed by atoms with van der Waals surface area (Å²) >= 11 is 0. The summed E-state index contributed by atoms with van der Waals surface area (Å²) in [6, 6.07) is 1.89. The lowest BCUT2D eigenvalue weighted by atomic mass is 9.81. The zero-order valence-electron chi connectivity index (χ0n) is 21.6. The maximum absolute atomic E-state index is 14.9. The van der Waals surface area contributed by atoms with Crippen LogP contribution in [-0.2, 0) is 34.7 Å². The number of alkyl halides is 3. The number of nitrogens with one attached hydrogen (secondary N) is 1. The van der Waals surface area contributed by atoms with Crippen LogP contribution in [0, 0.1) is 12.7 Å². The second-order valence-electron chi connectivity index (χ2n) is 10.5. The molecule has 0 saturated heterocycles. The molecule has 3 aliphatic rings. The molecule has 1 amide bonds. The largest absolute Gasteiger partial charge is 0.490 e. The van der Waals surface area contributed by atoms with E-state index in [2.05, 4.69) is 11.9 Å². The molecule has 0 unspecified atom stereocenters. The van der Waals surface area contributed by atoms with E-state index < -0.39 is 41.2 Å². The summed E-state index contributed by atoms with van der Waals surface area (Å²) in [5, 5.41) is 23.7. The molecule has 3 N–H and O–H groups in total. The lowest BCUT2D eigenvalue weighted by Gasteiger charge is -2.35. The number of hydrogen-bond donors (Lipinski definition) is 3. The van der Waals surface area contributed by atoms with E-state index in [1.54, 1.807) is 19.9 Å². The third kappa shape index (κ3) is 3.55. The van der Waals surface area contributed by atoms with Crippen LogP contribution in [0.3, 0.4) is 0 Å². The molecule has 0 bridgehead atoms. The van der Waals surface area contributed by atoms with E-state index in [9.17, 15) is 37.4 Å². The number of aromatic nitrogens is 2. The topological polar surface area (TPSA) is 114 Å². The Morgan fingerprint density at radius 3 is 2.73 bits per heavy atom. The Bertz CT molecular complexity index is 1710. The molecule has 40 heavy (non-hydrogen) atoms. The molecule has 0 spiro atoms. The van der Waals surface area contributed by atoms with Crippen LogP contribution in [0.4, 0.5) is 17.6 Å². The normalized spacial score (nSPS) is 21.9. The minimum atomic E-state index is -5.16. The standard InChI is InChI=1S/C28H25F4N3O5/c1-4-27(39)12(3)40-10-15-16(27)7-20-23-14(9-35(20)26(15)38)22-18(34-25(37)24(36)28(30,31)32)6-5-13-11(2)17(29)8-19(33-23)21(13)22/h7-8,18,24,36,39H,3-6,9-10H2,1-2H3,(H,34,37)/t18-,24+,27+/m0/s1. The number of rotatable bonds is 3. The van der Waals surface area contributed by atoms with Crippen LogP contribution < -0.4 is 10.9 Å². The van der Waals surface area contributed by atoms with E-state index in [-0.39, 0.29) is 49.3 Å². The molecule has 2 aromatic heterocycles. The minimum Gasteiger partial charge on any atom is -0.490 e. The number of amides is 1. The van der Waals surface area contributed by atoms with E-state index in [4.69, 9.17) is 9.72 Å². The van der Waals surface area contributed by atoms with Crippen molar-refractivity contribution in [2.24, 2.45) is 0 Å². The predicted octanol–water partition coefficient (Wildman–Crippen LogP) is 3.54. The van der Waals surface area contributed by atoms with Crippen LogP contribution in [0.25, 0.3) is 22.3 Å². The van der Waals surface area contributed by atoms with Crippen molar-refractivity contribution in [1.29, 1.82) is 0 Å². The van der Waals surface area contributed by atoms with Gasteiger partial charge in [-0.3, -0.25) is 9.59 Å². The third-order valence-electron chi connectivity index (χ3n) is 8.42. The summed E-state index contributed by atoms with van der Waals surface area (Å²) in [4.78, 5) is 30.8. The number of pyridine rings is 2. The highest BCUT2D eigenvalue weighted by molar-refractivity contribution is 5.93. The molecule has 0 fully saturated rings. The highest BCUT2D eigenvalue weighted by atomic mass is 19.4. The first-order valence-corrected chi connectivity index (χ1v) is 12.8. The van der Waals surface area contributed by atoms with E-state index >= 15 is 0 Å². The Morgan fingerprint density at radius 1 is 1.32 bits per heavy atom. The first kappa shape index (κ1) is 26.5. The highest BCUT2D eigenvalue weighted by Gasteiger charge is 2.46. The van der Waals surface area contributed by atoms with Crippen molar-refractivity contribution < 1.29 is 37.3 Å². The van der Waals surface area contributed by atoms with Gasteiger partial charge in [0.05, 0.1) is 35.1 Å². The van der Waals surface area contributed by atoms with Gasteiger partial charge in [0.15, 0.2) is 0 Å². The number of carbonyl (C=O) groups is 1. The third-order valence-corrected chi connectivity index (χ3v) is 8.42. The quantitative estimate of drug-likeness (QED) is 0.331. The first-order valence-electron chi connectivity index (χ1n) is 12.8. The van der Waals surface area contributed by atoms with Crippen molar-refractivity contribution in [1.82, 2.24) is 14.9 Å². The number of hydrogen-bond acceptors (Lipinski definition) is 6. The van der Waals surface area contributed by atoms with Crippen molar-refractivity contribution >= 4 is 16.8 Å². The van der Waals surface area contributed by atoms with Crippen LogP contribution >= 0.6 is 0 Å². The second-order valence-corrected chi connectivity index (χ2v) is 10.5. The van der Waals surface area contributed by atoms with Crippen LogP contribution in [0.15, 0.2) is 29.3 Å². The lowest BCUT2D eigenvalue weighted by molar-refractivity contribution is -0.205. The second kappa shape index (κ2) is 8.61. The summed E-state index contributed by atoms with van der Waals surface area (Å²) in [5.74, 6) is -2.02. The van der Waals surface area contributed by atoms with Crippen LogP contribution in [0.5, 0.6) is 0 Å². The molecule has 8 nitrogen and oxygen atoms in total. The van der Waals surface area contributed by atoms with E-state index in [1.807, 2.05) is 0 Å². The first-order chi connectivity index (χ1) is 18.8. The zero-order valence-corrected chi connectivity index (χ0v) is 21.6. The molecule has 210 valence electrons. The molecular weight excluding hydrogens is 534 g/mol. The molecular formula is C28H25F4N3O5. The molecule has 1 aliphatic carbocycles. The van der Waals surface area contributed by atoms with Gasteiger partial charge in [0.2, 0.25) is 6.10 Å². The van der Waals surface area contributed by atoms with Gasteiger partial charge in [0, 0.05) is 22.6 Å². The van der Waals surface area contributed by atoms with E-state index in [1.165, 1.54) is 10.6 Å². The van der Waals surface area contributed by atoms with Crippen LogP contribution in [0.1, 0.15) is 59.2 Å². The fourth-order valence-corrected chi connectivity index (χ4v) is 6.21. The summed E-state index contributed by atoms with van der Waals surface area (Å²) in [7, 11) is 0. The number of nitrogens with zero attached hydrogens (tertiary/aromatic N) is 2. The molecule has 0 radical (unpaired) electrons. The minimum absolute atomic E-state index is 0.00931. The lowest BCUT2D eigenvalue weighted by Crippen LogP contribution is -2.45. The number of benzene rings is 1. The summed E-state index contributed by atoms with van der Waals surface area (Å²) in [6.07, 6.45) is -7.80. The van der Waals surface area contributed by atoms with Crippen molar-refractivity contribution in [3.8, 4) is 11.4 Å². The van der Waals surface area contributed by atoms with Crippen LogP contribution in [-0.4, -0.2) is 38.0 Å². The van der Waals surface area contributed by atoms with E-state index in [0.717, 1.165) is 0 Å². The van der Waals surface area contributed by atoms with Gasteiger partial charge in [-0.05, 0) is 48.9 Å². The molecule has 2 aliphatic heterocycles. The number of fused-ring (bicyclic) bond motifs is 5. The molecule has 12 heteroatoms. The Balaban J connectivity index is 1.60. The summed E-state index contributed by atoms with van der Waals surface area (Å²) in [6.45, 7) is 7.00. The molecule has 0 saturated carbocycles. The molecule has 3 atom stereocenters. The predicted molar refractivity (Wildman–Crippen MR) is 135 cm³/mol. The molecule has 1 aromatic carbocycles. The van der Waals surface area contributed by atoms with Gasteiger partial charge in [-0.15, -0.1) is 0 Å². The number of aliphatic hydroxyl groups is 2.